The minimum Gasteiger partial charge on any atom is -0.355 e. The van der Waals surface area contributed by atoms with Crippen molar-refractivity contribution in [2.45, 2.75) is 45.3 Å². The molecule has 4 nitrogen and oxygen atoms in total. The molecular formula is C14H28N2O2. The van der Waals surface area contributed by atoms with Crippen LogP contribution in [0.4, 0.5) is 0 Å². The molecule has 2 aliphatic heterocycles. The minimum absolute atomic E-state index is 0.385. The van der Waals surface area contributed by atoms with E-state index in [-0.39, 0.29) is 0 Å². The number of hydrogen-bond donors (Lipinski definition) is 1. The molecule has 2 saturated heterocycles. The monoisotopic (exact) mass is 256 g/mol. The highest BCUT2D eigenvalue weighted by Crippen LogP contribution is 2.18. The first-order valence-corrected chi connectivity index (χ1v) is 7.39. The van der Waals surface area contributed by atoms with Gasteiger partial charge in [-0.05, 0) is 38.3 Å². The van der Waals surface area contributed by atoms with Crippen LogP contribution in [0.2, 0.25) is 0 Å². The number of hydrogen-bond acceptors (Lipinski definition) is 4. The average molecular weight is 256 g/mol. The van der Waals surface area contributed by atoms with Crippen LogP contribution in [0, 0.1) is 5.92 Å². The third-order valence-corrected chi connectivity index (χ3v) is 3.85. The van der Waals surface area contributed by atoms with E-state index in [0.717, 1.165) is 32.0 Å². The molecule has 2 rings (SSSR count). The summed E-state index contributed by atoms with van der Waals surface area (Å²) in [5.74, 6) is 0.806. The van der Waals surface area contributed by atoms with Crippen molar-refractivity contribution in [1.29, 1.82) is 0 Å². The highest BCUT2D eigenvalue weighted by atomic mass is 16.7. The normalized spacial score (nSPS) is 30.8. The Bertz CT molecular complexity index is 230. The lowest BCUT2D eigenvalue weighted by Crippen LogP contribution is -2.45. The van der Waals surface area contributed by atoms with E-state index in [1.807, 2.05) is 0 Å². The van der Waals surface area contributed by atoms with Gasteiger partial charge in [0, 0.05) is 19.1 Å². The lowest BCUT2D eigenvalue weighted by molar-refractivity contribution is -0.145. The summed E-state index contributed by atoms with van der Waals surface area (Å²) in [4.78, 5) is 2.58. The first-order chi connectivity index (χ1) is 8.74. The number of nitrogens with one attached hydrogen (secondary N) is 1. The summed E-state index contributed by atoms with van der Waals surface area (Å²) in [6.45, 7) is 10.5. The molecule has 2 fully saturated rings. The third kappa shape index (κ3) is 4.84. The van der Waals surface area contributed by atoms with Crippen LogP contribution in [-0.4, -0.2) is 56.6 Å². The fraction of sp³-hybridized carbons (Fsp3) is 1.00. The lowest BCUT2D eigenvalue weighted by atomic mass is 9.97. The van der Waals surface area contributed by atoms with E-state index >= 15 is 0 Å². The molecule has 0 bridgehead atoms. The van der Waals surface area contributed by atoms with E-state index in [9.17, 15) is 0 Å². The zero-order chi connectivity index (χ0) is 12.8. The zero-order valence-corrected chi connectivity index (χ0v) is 11.9. The van der Waals surface area contributed by atoms with Crippen LogP contribution in [0.3, 0.4) is 0 Å². The standard InChI is InChI=1S/C14H28N2O2/c1-12(2)15-8-13-4-3-6-16(9-13)10-14-5-7-17-11-18-14/h12-15H,3-11H2,1-2H3. The quantitative estimate of drug-likeness (QED) is 0.807. The van der Waals surface area contributed by atoms with Crippen LogP contribution >= 0.6 is 0 Å². The summed E-state index contributed by atoms with van der Waals surface area (Å²) in [7, 11) is 0. The fourth-order valence-electron chi connectivity index (χ4n) is 2.82. The molecule has 0 saturated carbocycles. The van der Waals surface area contributed by atoms with E-state index < -0.39 is 0 Å². The van der Waals surface area contributed by atoms with Gasteiger partial charge in [-0.2, -0.15) is 0 Å². The summed E-state index contributed by atoms with van der Waals surface area (Å²) in [6, 6.07) is 0.596. The summed E-state index contributed by atoms with van der Waals surface area (Å²) in [5.41, 5.74) is 0. The van der Waals surface area contributed by atoms with Gasteiger partial charge in [0.15, 0.2) is 0 Å². The van der Waals surface area contributed by atoms with Crippen molar-refractivity contribution in [3.05, 3.63) is 0 Å². The Hall–Kier alpha value is -0.160. The summed E-state index contributed by atoms with van der Waals surface area (Å²) < 4.78 is 10.9. The molecule has 2 unspecified atom stereocenters. The number of likely N-dealkylation sites (tertiary alicyclic amines) is 1. The van der Waals surface area contributed by atoms with Gasteiger partial charge >= 0.3 is 0 Å². The van der Waals surface area contributed by atoms with Crippen LogP contribution in [0.15, 0.2) is 0 Å². The number of piperidine rings is 1. The van der Waals surface area contributed by atoms with E-state index in [1.165, 1.54) is 25.9 Å². The second-order valence-electron chi connectivity index (χ2n) is 5.93. The molecule has 0 amide bonds. The first-order valence-electron chi connectivity index (χ1n) is 7.39. The second-order valence-corrected chi connectivity index (χ2v) is 5.93. The third-order valence-electron chi connectivity index (χ3n) is 3.85. The maximum absolute atomic E-state index is 5.63. The molecule has 0 aromatic rings. The van der Waals surface area contributed by atoms with Crippen molar-refractivity contribution in [2.75, 3.05) is 39.6 Å². The zero-order valence-electron chi connectivity index (χ0n) is 11.9. The molecule has 1 N–H and O–H groups in total. The van der Waals surface area contributed by atoms with Gasteiger partial charge in [0.05, 0.1) is 12.7 Å². The Balaban J connectivity index is 1.68. The van der Waals surface area contributed by atoms with E-state index in [0.29, 0.717) is 18.9 Å². The van der Waals surface area contributed by atoms with Crippen molar-refractivity contribution in [1.82, 2.24) is 10.2 Å². The smallest absolute Gasteiger partial charge is 0.147 e. The molecule has 0 aromatic heterocycles. The van der Waals surface area contributed by atoms with Crippen LogP contribution in [0.25, 0.3) is 0 Å². The highest BCUT2D eigenvalue weighted by Gasteiger charge is 2.23. The van der Waals surface area contributed by atoms with E-state index in [4.69, 9.17) is 9.47 Å². The molecule has 0 radical (unpaired) electrons. The Morgan fingerprint density at radius 3 is 2.94 bits per heavy atom. The molecule has 0 aromatic carbocycles. The van der Waals surface area contributed by atoms with Crippen molar-refractivity contribution >= 4 is 0 Å². The van der Waals surface area contributed by atoms with Gasteiger partial charge in [-0.3, -0.25) is 0 Å². The van der Waals surface area contributed by atoms with Gasteiger partial charge in [0.1, 0.15) is 6.79 Å². The molecule has 4 heteroatoms. The Labute approximate surface area is 111 Å². The van der Waals surface area contributed by atoms with Crippen molar-refractivity contribution in [3.63, 3.8) is 0 Å². The molecular weight excluding hydrogens is 228 g/mol. The van der Waals surface area contributed by atoms with Gasteiger partial charge in [-0.15, -0.1) is 0 Å². The van der Waals surface area contributed by atoms with Gasteiger partial charge < -0.3 is 19.7 Å². The number of rotatable bonds is 5. The maximum Gasteiger partial charge on any atom is 0.147 e. The Morgan fingerprint density at radius 1 is 1.33 bits per heavy atom. The predicted octanol–water partition coefficient (Wildman–Crippen LogP) is 1.46. The van der Waals surface area contributed by atoms with Gasteiger partial charge in [-0.1, -0.05) is 13.8 Å². The lowest BCUT2D eigenvalue weighted by Gasteiger charge is -2.36. The number of nitrogens with zero attached hydrogens (tertiary/aromatic N) is 1. The number of ether oxygens (including phenoxy) is 2. The maximum atomic E-state index is 5.63. The van der Waals surface area contributed by atoms with Crippen LogP contribution in [-0.2, 0) is 9.47 Å². The predicted molar refractivity (Wildman–Crippen MR) is 72.6 cm³/mol. The van der Waals surface area contributed by atoms with Crippen molar-refractivity contribution < 1.29 is 9.47 Å². The molecule has 18 heavy (non-hydrogen) atoms. The topological polar surface area (TPSA) is 33.7 Å². The summed E-state index contributed by atoms with van der Waals surface area (Å²) >= 11 is 0. The highest BCUT2D eigenvalue weighted by molar-refractivity contribution is 4.77. The molecule has 2 atom stereocenters. The largest absolute Gasteiger partial charge is 0.355 e. The van der Waals surface area contributed by atoms with Gasteiger partial charge in [0.2, 0.25) is 0 Å². The minimum atomic E-state index is 0.385. The van der Waals surface area contributed by atoms with E-state index in [2.05, 4.69) is 24.1 Å². The van der Waals surface area contributed by atoms with Gasteiger partial charge in [0.25, 0.3) is 0 Å². The van der Waals surface area contributed by atoms with Gasteiger partial charge in [-0.25, -0.2) is 0 Å². The Kier molecular flexibility index (Phi) is 5.89. The average Bonchev–Trinajstić information content (AvgIpc) is 2.38. The molecule has 0 spiro atoms. The van der Waals surface area contributed by atoms with Crippen molar-refractivity contribution in [3.8, 4) is 0 Å². The van der Waals surface area contributed by atoms with Crippen LogP contribution < -0.4 is 5.32 Å². The van der Waals surface area contributed by atoms with Crippen molar-refractivity contribution in [2.24, 2.45) is 5.92 Å². The molecule has 106 valence electrons. The summed E-state index contributed by atoms with van der Waals surface area (Å²) in [6.07, 6.45) is 4.12. The molecule has 2 aliphatic rings. The fourth-order valence-corrected chi connectivity index (χ4v) is 2.82. The molecule has 2 heterocycles. The molecule has 0 aliphatic carbocycles. The van der Waals surface area contributed by atoms with Crippen LogP contribution in [0.1, 0.15) is 33.1 Å². The first kappa shape index (κ1) is 14.3. The Morgan fingerprint density at radius 2 is 2.22 bits per heavy atom. The van der Waals surface area contributed by atoms with Crippen LogP contribution in [0.5, 0.6) is 0 Å². The SMILES string of the molecule is CC(C)NCC1CCCN(CC2CCOCO2)C1. The second kappa shape index (κ2) is 7.43. The summed E-state index contributed by atoms with van der Waals surface area (Å²) in [5, 5.41) is 3.56. The van der Waals surface area contributed by atoms with E-state index in [1.54, 1.807) is 0 Å².